The average Bonchev–Trinajstić information content (AvgIpc) is 2.54. The Morgan fingerprint density at radius 3 is 2.81 bits per heavy atom. The Morgan fingerprint density at radius 2 is 2.19 bits per heavy atom. The quantitative estimate of drug-likeness (QED) is 0.761. The van der Waals surface area contributed by atoms with Crippen molar-refractivity contribution in [3.8, 4) is 6.07 Å². The van der Waals surface area contributed by atoms with E-state index in [2.05, 4.69) is 20.5 Å². The molecule has 0 aliphatic carbocycles. The van der Waals surface area contributed by atoms with Gasteiger partial charge < -0.3 is 9.47 Å². The van der Waals surface area contributed by atoms with Crippen molar-refractivity contribution in [1.29, 1.82) is 5.26 Å². The van der Waals surface area contributed by atoms with Gasteiger partial charge in [0.2, 0.25) is 0 Å². The molecular weight excluding hydrogens is 200 g/mol. The first-order valence-electron chi connectivity index (χ1n) is 5.12. The highest BCUT2D eigenvalue weighted by molar-refractivity contribution is 5.77. The molecule has 82 valence electrons. The molecular formula is C12H14N4. The fourth-order valence-electron chi connectivity index (χ4n) is 1.74. The van der Waals surface area contributed by atoms with Gasteiger partial charge in [-0.1, -0.05) is 0 Å². The Hall–Kier alpha value is -1.86. The number of benzene rings is 1. The number of aromatic nitrogens is 2. The maximum Gasteiger partial charge on any atom is 0.123 e. The Bertz CT molecular complexity index is 560. The van der Waals surface area contributed by atoms with Gasteiger partial charge in [0, 0.05) is 7.05 Å². The summed E-state index contributed by atoms with van der Waals surface area (Å²) < 4.78 is 2.07. The molecule has 0 aliphatic rings. The van der Waals surface area contributed by atoms with Gasteiger partial charge in [-0.15, -0.1) is 0 Å². The minimum Gasteiger partial charge on any atom is -0.330 e. The predicted octanol–water partition coefficient (Wildman–Crippen LogP) is 1.51. The van der Waals surface area contributed by atoms with E-state index in [4.69, 9.17) is 5.26 Å². The summed E-state index contributed by atoms with van der Waals surface area (Å²) in [6, 6.07) is 7.72. The van der Waals surface area contributed by atoms with E-state index in [-0.39, 0.29) is 0 Å². The molecule has 0 saturated heterocycles. The van der Waals surface area contributed by atoms with E-state index in [0.717, 1.165) is 23.4 Å². The van der Waals surface area contributed by atoms with Crippen molar-refractivity contribution in [2.24, 2.45) is 7.05 Å². The Balaban J connectivity index is 2.55. The van der Waals surface area contributed by atoms with Crippen LogP contribution >= 0.6 is 0 Å². The van der Waals surface area contributed by atoms with E-state index in [0.29, 0.717) is 5.56 Å². The smallest absolute Gasteiger partial charge is 0.123 e. The van der Waals surface area contributed by atoms with E-state index < -0.39 is 0 Å². The van der Waals surface area contributed by atoms with Gasteiger partial charge in [-0.25, -0.2) is 4.98 Å². The van der Waals surface area contributed by atoms with Gasteiger partial charge in [-0.2, -0.15) is 5.26 Å². The van der Waals surface area contributed by atoms with Crippen molar-refractivity contribution < 1.29 is 0 Å². The second kappa shape index (κ2) is 3.95. The van der Waals surface area contributed by atoms with Crippen LogP contribution in [-0.4, -0.2) is 28.5 Å². The minimum atomic E-state index is 0.655. The van der Waals surface area contributed by atoms with E-state index >= 15 is 0 Å². The first kappa shape index (κ1) is 10.7. The maximum atomic E-state index is 8.83. The number of hydrogen-bond acceptors (Lipinski definition) is 3. The van der Waals surface area contributed by atoms with Gasteiger partial charge in [-0.05, 0) is 32.3 Å². The number of nitrogens with zero attached hydrogens (tertiary/aromatic N) is 4. The Kier molecular flexibility index (Phi) is 2.63. The fraction of sp³-hybridized carbons (Fsp3) is 0.333. The van der Waals surface area contributed by atoms with Gasteiger partial charge in [0.15, 0.2) is 0 Å². The lowest BCUT2D eigenvalue weighted by molar-refractivity contribution is 0.386. The topological polar surface area (TPSA) is 44.9 Å². The van der Waals surface area contributed by atoms with Crippen LogP contribution in [0.4, 0.5) is 0 Å². The van der Waals surface area contributed by atoms with Gasteiger partial charge in [0.25, 0.3) is 0 Å². The molecule has 4 heteroatoms. The van der Waals surface area contributed by atoms with Crippen LogP contribution in [0.25, 0.3) is 11.0 Å². The first-order chi connectivity index (χ1) is 7.61. The summed E-state index contributed by atoms with van der Waals surface area (Å²) in [4.78, 5) is 6.61. The van der Waals surface area contributed by atoms with Crippen LogP contribution in [0.1, 0.15) is 11.4 Å². The molecule has 0 fully saturated rings. The van der Waals surface area contributed by atoms with Crippen LogP contribution in [0.2, 0.25) is 0 Å². The molecule has 0 bridgehead atoms. The number of aryl methyl sites for hydroxylation is 1. The lowest BCUT2D eigenvalue weighted by Crippen LogP contribution is -2.14. The molecule has 4 nitrogen and oxygen atoms in total. The zero-order valence-corrected chi connectivity index (χ0v) is 9.73. The van der Waals surface area contributed by atoms with Crippen molar-refractivity contribution in [3.05, 3.63) is 29.6 Å². The summed E-state index contributed by atoms with van der Waals surface area (Å²) >= 11 is 0. The molecule has 0 amide bonds. The lowest BCUT2D eigenvalue weighted by Gasteiger charge is -2.08. The van der Waals surface area contributed by atoms with Crippen LogP contribution < -0.4 is 0 Å². The second-order valence-electron chi connectivity index (χ2n) is 4.14. The summed E-state index contributed by atoms with van der Waals surface area (Å²) in [6.45, 7) is 0.799. The molecule has 2 aromatic rings. The van der Waals surface area contributed by atoms with Crippen molar-refractivity contribution in [3.63, 3.8) is 0 Å². The standard InChI is InChI=1S/C12H14N4/c1-15(2)8-12-14-10-6-9(7-13)4-5-11(10)16(12)3/h4-6H,8H2,1-3H3. The monoisotopic (exact) mass is 214 g/mol. The summed E-state index contributed by atoms with van der Waals surface area (Å²) in [5, 5.41) is 8.83. The zero-order valence-electron chi connectivity index (χ0n) is 9.73. The fourth-order valence-corrected chi connectivity index (χ4v) is 1.74. The third-order valence-electron chi connectivity index (χ3n) is 2.56. The van der Waals surface area contributed by atoms with Crippen molar-refractivity contribution in [2.45, 2.75) is 6.54 Å². The largest absolute Gasteiger partial charge is 0.330 e. The molecule has 0 radical (unpaired) electrons. The van der Waals surface area contributed by atoms with E-state index in [1.54, 1.807) is 0 Å². The molecule has 0 unspecified atom stereocenters. The Labute approximate surface area is 94.7 Å². The van der Waals surface area contributed by atoms with Gasteiger partial charge >= 0.3 is 0 Å². The first-order valence-corrected chi connectivity index (χ1v) is 5.12. The summed E-state index contributed by atoms with van der Waals surface area (Å²) in [5.74, 6) is 1.01. The van der Waals surface area contributed by atoms with Crippen molar-refractivity contribution in [2.75, 3.05) is 14.1 Å². The molecule has 0 atom stereocenters. The Morgan fingerprint density at radius 1 is 1.44 bits per heavy atom. The molecule has 1 heterocycles. The predicted molar refractivity (Wildman–Crippen MR) is 62.8 cm³/mol. The highest BCUT2D eigenvalue weighted by Crippen LogP contribution is 2.17. The van der Waals surface area contributed by atoms with Crippen molar-refractivity contribution >= 4 is 11.0 Å². The van der Waals surface area contributed by atoms with Crippen LogP contribution in [0, 0.1) is 11.3 Å². The van der Waals surface area contributed by atoms with Gasteiger partial charge in [-0.3, -0.25) is 0 Å². The number of rotatable bonds is 2. The summed E-state index contributed by atoms with van der Waals surface area (Å²) in [5.41, 5.74) is 2.61. The third-order valence-corrected chi connectivity index (χ3v) is 2.56. The molecule has 1 aromatic heterocycles. The molecule has 1 aromatic carbocycles. The molecule has 0 aliphatic heterocycles. The number of hydrogen-bond donors (Lipinski definition) is 0. The van der Waals surface area contributed by atoms with E-state index in [1.807, 2.05) is 39.3 Å². The van der Waals surface area contributed by atoms with Crippen LogP contribution in [-0.2, 0) is 13.6 Å². The highest BCUT2D eigenvalue weighted by Gasteiger charge is 2.08. The molecule has 0 N–H and O–H groups in total. The summed E-state index contributed by atoms with van der Waals surface area (Å²) in [6.07, 6.45) is 0. The molecule has 0 spiro atoms. The SMILES string of the molecule is CN(C)Cc1nc2cc(C#N)ccc2n1C. The lowest BCUT2D eigenvalue weighted by atomic mass is 10.2. The number of nitriles is 1. The molecule has 2 rings (SSSR count). The molecule has 0 saturated carbocycles. The van der Waals surface area contributed by atoms with Crippen LogP contribution in [0.3, 0.4) is 0 Å². The van der Waals surface area contributed by atoms with E-state index in [9.17, 15) is 0 Å². The number of fused-ring (bicyclic) bond motifs is 1. The second-order valence-corrected chi connectivity index (χ2v) is 4.14. The van der Waals surface area contributed by atoms with Crippen LogP contribution in [0.5, 0.6) is 0 Å². The van der Waals surface area contributed by atoms with Gasteiger partial charge in [0.1, 0.15) is 5.82 Å². The maximum absolute atomic E-state index is 8.83. The normalized spacial score (nSPS) is 10.9. The minimum absolute atomic E-state index is 0.655. The third kappa shape index (κ3) is 1.77. The number of imidazole rings is 1. The van der Waals surface area contributed by atoms with Crippen LogP contribution in [0.15, 0.2) is 18.2 Å². The summed E-state index contributed by atoms with van der Waals surface area (Å²) in [7, 11) is 6.03. The zero-order chi connectivity index (χ0) is 11.7. The average molecular weight is 214 g/mol. The van der Waals surface area contributed by atoms with E-state index in [1.165, 1.54) is 0 Å². The van der Waals surface area contributed by atoms with Crippen molar-refractivity contribution in [1.82, 2.24) is 14.5 Å². The highest BCUT2D eigenvalue weighted by atomic mass is 15.1. The van der Waals surface area contributed by atoms with Gasteiger partial charge in [0.05, 0.1) is 29.2 Å². The molecule has 16 heavy (non-hydrogen) atoms.